The molecule has 0 fully saturated rings. The first-order valence-electron chi connectivity index (χ1n) is 21.5. The number of unbranched alkanes of at least 4 members (excludes halogenated alkanes) is 20. The number of allylic oxidation sites excluding steroid dienone is 4. The Morgan fingerprint density at radius 1 is 0.611 bits per heavy atom. The number of phosphoric acid groups is 1. The highest BCUT2D eigenvalue weighted by Crippen LogP contribution is 2.43. The van der Waals surface area contributed by atoms with Crippen LogP contribution in [-0.4, -0.2) is 80.7 Å². The molecule has 54 heavy (non-hydrogen) atoms. The molecule has 0 spiro atoms. The van der Waals surface area contributed by atoms with Crippen LogP contribution >= 0.6 is 7.82 Å². The van der Waals surface area contributed by atoms with Crippen molar-refractivity contribution in [2.75, 3.05) is 47.5 Å². The molecule has 0 aromatic carbocycles. The fourth-order valence-corrected chi connectivity index (χ4v) is 6.50. The quantitative estimate of drug-likeness (QED) is 0.0162. The molecular weight excluding hydrogens is 705 g/mol. The first-order valence-corrected chi connectivity index (χ1v) is 23.0. The monoisotopic (exact) mass is 787 g/mol. The highest BCUT2D eigenvalue weighted by molar-refractivity contribution is 7.47. The predicted octanol–water partition coefficient (Wildman–Crippen LogP) is 11.1. The minimum absolute atomic E-state index is 0.0139. The molecule has 0 rings (SSSR count). The molecule has 2 atom stereocenters. The zero-order valence-electron chi connectivity index (χ0n) is 35.2. The lowest BCUT2D eigenvalue weighted by Gasteiger charge is -2.24. The maximum Gasteiger partial charge on any atom is 0.472 e. The van der Waals surface area contributed by atoms with Crippen molar-refractivity contribution in [3.8, 4) is 0 Å². The Hall–Kier alpha value is -1.84. The summed E-state index contributed by atoms with van der Waals surface area (Å²) in [6.45, 7) is 4.24. The van der Waals surface area contributed by atoms with E-state index in [9.17, 15) is 23.8 Å². The number of carbonyl (C=O) groups is 3. The number of hydrogen-bond donors (Lipinski definition) is 1. The second-order valence-corrected chi connectivity index (χ2v) is 17.2. The van der Waals surface area contributed by atoms with Crippen LogP contribution in [0.5, 0.6) is 0 Å². The molecule has 0 bridgehead atoms. The first-order chi connectivity index (χ1) is 25.9. The average Bonchev–Trinajstić information content (AvgIpc) is 3.11. The molecule has 0 aromatic rings. The lowest BCUT2D eigenvalue weighted by atomic mass is 10.0. The van der Waals surface area contributed by atoms with Gasteiger partial charge in [-0.25, -0.2) is 4.57 Å². The van der Waals surface area contributed by atoms with Crippen LogP contribution in [0.25, 0.3) is 0 Å². The van der Waals surface area contributed by atoms with Crippen LogP contribution in [0.4, 0.5) is 0 Å². The SMILES string of the molecule is CCCCC/C=C\C=C\C(=O)CCCCCCCC(=O)OC[C@H](COP(=O)(O)OCC[N+](C)(C)C)OC(=O)CCCCCCCCCCCCCCCC. The minimum atomic E-state index is -4.40. The molecule has 0 amide bonds. The zero-order valence-corrected chi connectivity index (χ0v) is 36.1. The van der Waals surface area contributed by atoms with Gasteiger partial charge in [0.05, 0.1) is 27.7 Å². The Bertz CT molecular complexity index is 1040. The van der Waals surface area contributed by atoms with Gasteiger partial charge in [0, 0.05) is 19.3 Å². The average molecular weight is 787 g/mol. The molecule has 0 saturated carbocycles. The second-order valence-electron chi connectivity index (χ2n) is 15.8. The Labute approximate surface area is 330 Å². The van der Waals surface area contributed by atoms with E-state index in [1.54, 1.807) is 6.08 Å². The van der Waals surface area contributed by atoms with Crippen LogP contribution in [0.15, 0.2) is 24.3 Å². The largest absolute Gasteiger partial charge is 0.472 e. The van der Waals surface area contributed by atoms with Gasteiger partial charge in [-0.3, -0.25) is 23.4 Å². The molecule has 10 nitrogen and oxygen atoms in total. The topological polar surface area (TPSA) is 125 Å². The summed E-state index contributed by atoms with van der Waals surface area (Å²) in [5.74, 6) is -0.758. The predicted molar refractivity (Wildman–Crippen MR) is 220 cm³/mol. The molecule has 316 valence electrons. The number of nitrogens with zero attached hydrogens (tertiary/aromatic N) is 1. The minimum Gasteiger partial charge on any atom is -0.462 e. The van der Waals surface area contributed by atoms with E-state index in [2.05, 4.69) is 19.9 Å². The number of phosphoric ester groups is 1. The van der Waals surface area contributed by atoms with E-state index in [1.807, 2.05) is 33.3 Å². The Morgan fingerprint density at radius 2 is 1.09 bits per heavy atom. The van der Waals surface area contributed by atoms with Gasteiger partial charge in [0.2, 0.25) is 0 Å². The smallest absolute Gasteiger partial charge is 0.462 e. The van der Waals surface area contributed by atoms with Crippen LogP contribution in [0.1, 0.15) is 181 Å². The van der Waals surface area contributed by atoms with Gasteiger partial charge in [-0.1, -0.05) is 148 Å². The van der Waals surface area contributed by atoms with Crippen LogP contribution in [0.3, 0.4) is 0 Å². The van der Waals surface area contributed by atoms with Crippen molar-refractivity contribution in [2.24, 2.45) is 0 Å². The number of ether oxygens (including phenoxy) is 2. The Morgan fingerprint density at radius 3 is 1.63 bits per heavy atom. The Kier molecular flexibility index (Phi) is 34.4. The summed E-state index contributed by atoms with van der Waals surface area (Å²) < 4.78 is 34.2. The van der Waals surface area contributed by atoms with Gasteiger partial charge in [-0.05, 0) is 38.2 Å². The molecule has 0 aliphatic carbocycles. The molecule has 0 saturated heterocycles. The van der Waals surface area contributed by atoms with Crippen molar-refractivity contribution in [3.63, 3.8) is 0 Å². The molecule has 0 aliphatic rings. The fourth-order valence-electron chi connectivity index (χ4n) is 5.76. The number of rotatable bonds is 39. The maximum absolute atomic E-state index is 12.7. The molecule has 1 N–H and O–H groups in total. The summed E-state index contributed by atoms with van der Waals surface area (Å²) >= 11 is 0. The molecule has 0 radical (unpaired) electrons. The third-order valence-corrected chi connectivity index (χ3v) is 10.2. The number of esters is 2. The summed E-state index contributed by atoms with van der Waals surface area (Å²) in [6, 6.07) is 0. The number of ketones is 1. The van der Waals surface area contributed by atoms with E-state index in [-0.39, 0.29) is 31.8 Å². The summed E-state index contributed by atoms with van der Waals surface area (Å²) in [4.78, 5) is 47.3. The van der Waals surface area contributed by atoms with E-state index < -0.39 is 32.5 Å². The molecule has 1 unspecified atom stereocenters. The highest BCUT2D eigenvalue weighted by atomic mass is 31.2. The van der Waals surface area contributed by atoms with E-state index in [4.69, 9.17) is 18.5 Å². The number of likely N-dealkylation sites (N-methyl/N-ethyl adjacent to an activating group) is 1. The standard InChI is InChI=1S/C43H80NO9P/c1-6-8-10-12-14-15-16-17-18-19-20-22-26-31-35-43(47)53-41(39-52-54(48,49)51-37-36-44(3,4)5)38-50-42(46)34-30-27-23-25-29-33-40(45)32-28-24-21-13-11-9-7-2/h21,24,28,32,41H,6-20,22-23,25-27,29-31,33-39H2,1-5H3/p+1/b24-21-,32-28+/t41-/m1/s1. The highest BCUT2D eigenvalue weighted by Gasteiger charge is 2.27. The normalized spacial score (nSPS) is 13.7. The third-order valence-electron chi connectivity index (χ3n) is 9.21. The summed E-state index contributed by atoms with van der Waals surface area (Å²) in [6.07, 6.45) is 33.2. The van der Waals surface area contributed by atoms with E-state index >= 15 is 0 Å². The zero-order chi connectivity index (χ0) is 40.2. The lowest BCUT2D eigenvalue weighted by Crippen LogP contribution is -2.37. The van der Waals surface area contributed by atoms with Crippen LogP contribution in [0.2, 0.25) is 0 Å². The number of carbonyl (C=O) groups excluding carboxylic acids is 3. The van der Waals surface area contributed by atoms with Crippen molar-refractivity contribution in [3.05, 3.63) is 24.3 Å². The molecule has 0 aromatic heterocycles. The maximum atomic E-state index is 12.7. The van der Waals surface area contributed by atoms with E-state index in [1.165, 1.54) is 83.5 Å². The number of hydrogen-bond acceptors (Lipinski definition) is 8. The van der Waals surface area contributed by atoms with Gasteiger partial charge in [0.25, 0.3) is 0 Å². The van der Waals surface area contributed by atoms with Gasteiger partial charge in [-0.15, -0.1) is 0 Å². The van der Waals surface area contributed by atoms with E-state index in [0.29, 0.717) is 30.3 Å². The molecule has 0 heterocycles. The Balaban J connectivity index is 4.44. The molecule has 0 aliphatic heterocycles. The van der Waals surface area contributed by atoms with Crippen molar-refractivity contribution < 1.29 is 46.8 Å². The second kappa shape index (κ2) is 35.6. The summed E-state index contributed by atoms with van der Waals surface area (Å²) in [7, 11) is 1.41. The van der Waals surface area contributed by atoms with Crippen LogP contribution in [-0.2, 0) is 37.5 Å². The molecular formula is C43H81NO9P+. The fraction of sp³-hybridized carbons (Fsp3) is 0.837. The van der Waals surface area contributed by atoms with Gasteiger partial charge >= 0.3 is 19.8 Å². The van der Waals surface area contributed by atoms with Crippen LogP contribution in [0, 0.1) is 0 Å². The van der Waals surface area contributed by atoms with Gasteiger partial charge in [-0.2, -0.15) is 0 Å². The van der Waals surface area contributed by atoms with Gasteiger partial charge in [0.15, 0.2) is 11.9 Å². The third kappa shape index (κ3) is 38.4. The van der Waals surface area contributed by atoms with Crippen molar-refractivity contribution in [2.45, 2.75) is 187 Å². The summed E-state index contributed by atoms with van der Waals surface area (Å²) in [5.41, 5.74) is 0. The van der Waals surface area contributed by atoms with E-state index in [0.717, 1.165) is 51.4 Å². The van der Waals surface area contributed by atoms with Crippen LogP contribution < -0.4 is 0 Å². The summed E-state index contributed by atoms with van der Waals surface area (Å²) in [5, 5.41) is 0. The van der Waals surface area contributed by atoms with Gasteiger partial charge in [0.1, 0.15) is 19.8 Å². The first kappa shape index (κ1) is 52.2. The van der Waals surface area contributed by atoms with Crippen molar-refractivity contribution >= 4 is 25.5 Å². The number of quaternary nitrogens is 1. The van der Waals surface area contributed by atoms with Crippen molar-refractivity contribution in [1.82, 2.24) is 0 Å². The van der Waals surface area contributed by atoms with Crippen molar-refractivity contribution in [1.29, 1.82) is 0 Å². The molecule has 11 heteroatoms. The lowest BCUT2D eigenvalue weighted by molar-refractivity contribution is -0.870. The van der Waals surface area contributed by atoms with Gasteiger partial charge < -0.3 is 18.9 Å².